The van der Waals surface area contributed by atoms with Crippen molar-refractivity contribution >= 4 is 21.8 Å². The summed E-state index contributed by atoms with van der Waals surface area (Å²) in [5.41, 5.74) is 1.69. The third-order valence-electron chi connectivity index (χ3n) is 2.29. The van der Waals surface area contributed by atoms with Crippen LogP contribution in [0.4, 0.5) is 0 Å². The first-order valence-corrected chi connectivity index (χ1v) is 5.81. The molecule has 0 saturated heterocycles. The van der Waals surface area contributed by atoms with E-state index in [1.54, 1.807) is 6.07 Å². The average molecular weight is 281 g/mol. The summed E-state index contributed by atoms with van der Waals surface area (Å²) in [7, 11) is 0. The Balaban J connectivity index is 3.00. The van der Waals surface area contributed by atoms with Gasteiger partial charge in [-0.1, -0.05) is 6.07 Å². The molecule has 0 spiro atoms. The van der Waals surface area contributed by atoms with Crippen molar-refractivity contribution < 1.29 is 4.79 Å². The van der Waals surface area contributed by atoms with Crippen molar-refractivity contribution in [2.24, 2.45) is 0 Å². The first-order valence-electron chi connectivity index (χ1n) is 5.02. The predicted molar refractivity (Wildman–Crippen MR) is 66.1 cm³/mol. The Bertz CT molecular complexity index is 437. The molecule has 0 aliphatic rings. The molecule has 1 aromatic rings. The average Bonchev–Trinajstić information content (AvgIpc) is 2.25. The summed E-state index contributed by atoms with van der Waals surface area (Å²) in [6.07, 6.45) is 0. The Labute approximate surface area is 104 Å². The van der Waals surface area contributed by atoms with Gasteiger partial charge in [0.25, 0.3) is 5.91 Å². The number of halogens is 1. The van der Waals surface area contributed by atoms with Crippen LogP contribution in [0.25, 0.3) is 0 Å². The van der Waals surface area contributed by atoms with Crippen LogP contribution >= 0.6 is 15.9 Å². The summed E-state index contributed by atoms with van der Waals surface area (Å²) in [4.78, 5) is 13.6. The molecule has 1 amide bonds. The number of amides is 1. The monoisotopic (exact) mass is 280 g/mol. The van der Waals surface area contributed by atoms with Crippen LogP contribution in [0.15, 0.2) is 22.7 Å². The fraction of sp³-hybridized carbons (Fsp3) is 0.333. The highest BCUT2D eigenvalue weighted by molar-refractivity contribution is 9.10. The highest BCUT2D eigenvalue weighted by Gasteiger charge is 2.16. The van der Waals surface area contributed by atoms with Crippen molar-refractivity contribution in [1.82, 2.24) is 4.90 Å². The summed E-state index contributed by atoms with van der Waals surface area (Å²) in [6.45, 7) is 4.48. The number of hydrogen-bond acceptors (Lipinski definition) is 2. The Morgan fingerprint density at radius 1 is 1.56 bits per heavy atom. The molecule has 16 heavy (non-hydrogen) atoms. The smallest absolute Gasteiger partial charge is 0.255 e. The highest BCUT2D eigenvalue weighted by atomic mass is 79.9. The molecule has 1 aromatic carbocycles. The quantitative estimate of drug-likeness (QED) is 0.799. The van der Waals surface area contributed by atoms with Gasteiger partial charge in [-0.3, -0.25) is 4.79 Å². The second-order valence-electron chi connectivity index (χ2n) is 3.46. The van der Waals surface area contributed by atoms with E-state index in [2.05, 4.69) is 15.9 Å². The lowest BCUT2D eigenvalue weighted by molar-refractivity contribution is 0.0783. The molecule has 1 rings (SSSR count). The molecule has 0 atom stereocenters. The fourth-order valence-electron chi connectivity index (χ4n) is 1.38. The van der Waals surface area contributed by atoms with Gasteiger partial charge in [0, 0.05) is 11.0 Å². The minimum atomic E-state index is -0.115. The lowest BCUT2D eigenvalue weighted by Crippen LogP contribution is -2.31. The second-order valence-corrected chi connectivity index (χ2v) is 4.32. The largest absolute Gasteiger partial charge is 0.326 e. The Morgan fingerprint density at radius 2 is 2.25 bits per heavy atom. The molecular formula is C12H13BrN2O. The molecule has 0 N–H and O–H groups in total. The minimum Gasteiger partial charge on any atom is -0.326 e. The summed E-state index contributed by atoms with van der Waals surface area (Å²) < 4.78 is 0.772. The highest BCUT2D eigenvalue weighted by Crippen LogP contribution is 2.19. The zero-order valence-corrected chi connectivity index (χ0v) is 10.9. The Kier molecular flexibility index (Phi) is 4.51. The molecule has 0 saturated carbocycles. The van der Waals surface area contributed by atoms with E-state index in [0.29, 0.717) is 12.1 Å². The Hall–Kier alpha value is -1.34. The van der Waals surface area contributed by atoms with E-state index in [1.165, 1.54) is 4.90 Å². The van der Waals surface area contributed by atoms with Crippen LogP contribution in [-0.4, -0.2) is 23.9 Å². The summed E-state index contributed by atoms with van der Waals surface area (Å²) >= 11 is 3.37. The predicted octanol–water partition coefficient (Wildman–Crippen LogP) is 2.74. The number of hydrogen-bond donors (Lipinski definition) is 0. The van der Waals surface area contributed by atoms with E-state index in [0.717, 1.165) is 10.0 Å². The molecular weight excluding hydrogens is 268 g/mol. The van der Waals surface area contributed by atoms with Gasteiger partial charge in [-0.25, -0.2) is 0 Å². The number of carbonyl (C=O) groups is 1. The lowest BCUT2D eigenvalue weighted by Gasteiger charge is -2.18. The topological polar surface area (TPSA) is 44.1 Å². The molecule has 0 unspecified atom stereocenters. The maximum atomic E-state index is 12.0. The van der Waals surface area contributed by atoms with Crippen LogP contribution in [0.1, 0.15) is 22.8 Å². The van der Waals surface area contributed by atoms with Crippen LogP contribution in [0, 0.1) is 18.3 Å². The van der Waals surface area contributed by atoms with Gasteiger partial charge in [-0.05, 0) is 47.5 Å². The molecule has 0 aromatic heterocycles. The SMILES string of the molecule is CCN(CC#N)C(=O)c1ccc(C)cc1Br. The number of nitriles is 1. The van der Waals surface area contributed by atoms with Crippen molar-refractivity contribution in [3.8, 4) is 6.07 Å². The molecule has 0 bridgehead atoms. The number of aryl methyl sites for hydroxylation is 1. The maximum Gasteiger partial charge on any atom is 0.255 e. The van der Waals surface area contributed by atoms with Crippen molar-refractivity contribution in [2.45, 2.75) is 13.8 Å². The first kappa shape index (κ1) is 12.7. The number of benzene rings is 1. The zero-order valence-electron chi connectivity index (χ0n) is 9.33. The fourth-order valence-corrected chi connectivity index (χ4v) is 2.04. The van der Waals surface area contributed by atoms with E-state index < -0.39 is 0 Å². The van der Waals surface area contributed by atoms with Gasteiger partial charge in [0.05, 0.1) is 11.6 Å². The second kappa shape index (κ2) is 5.66. The number of rotatable bonds is 3. The van der Waals surface area contributed by atoms with E-state index >= 15 is 0 Å². The summed E-state index contributed by atoms with van der Waals surface area (Å²) in [5, 5.41) is 8.62. The molecule has 0 aliphatic heterocycles. The van der Waals surface area contributed by atoms with E-state index in [-0.39, 0.29) is 12.5 Å². The third kappa shape index (κ3) is 2.83. The molecule has 0 heterocycles. The molecule has 3 nitrogen and oxygen atoms in total. The Morgan fingerprint density at radius 3 is 2.75 bits per heavy atom. The van der Waals surface area contributed by atoms with E-state index in [9.17, 15) is 4.79 Å². The normalized spacial score (nSPS) is 9.62. The number of carbonyl (C=O) groups excluding carboxylic acids is 1. The lowest BCUT2D eigenvalue weighted by atomic mass is 10.1. The van der Waals surface area contributed by atoms with Crippen LogP contribution in [0.2, 0.25) is 0 Å². The molecule has 4 heteroatoms. The third-order valence-corrected chi connectivity index (χ3v) is 2.94. The summed E-state index contributed by atoms with van der Waals surface area (Å²) in [5.74, 6) is -0.115. The van der Waals surface area contributed by atoms with Crippen molar-refractivity contribution in [3.05, 3.63) is 33.8 Å². The van der Waals surface area contributed by atoms with E-state index in [1.807, 2.05) is 32.0 Å². The van der Waals surface area contributed by atoms with Gasteiger partial charge in [-0.15, -0.1) is 0 Å². The van der Waals surface area contributed by atoms with Crippen LogP contribution in [0.3, 0.4) is 0 Å². The van der Waals surface area contributed by atoms with Gasteiger partial charge in [0.15, 0.2) is 0 Å². The van der Waals surface area contributed by atoms with Gasteiger partial charge < -0.3 is 4.90 Å². The van der Waals surface area contributed by atoms with Gasteiger partial charge in [-0.2, -0.15) is 5.26 Å². The zero-order chi connectivity index (χ0) is 12.1. The van der Waals surface area contributed by atoms with Crippen molar-refractivity contribution in [2.75, 3.05) is 13.1 Å². The molecule has 84 valence electrons. The molecule has 0 radical (unpaired) electrons. The van der Waals surface area contributed by atoms with Crippen molar-refractivity contribution in [1.29, 1.82) is 5.26 Å². The van der Waals surface area contributed by atoms with E-state index in [4.69, 9.17) is 5.26 Å². The maximum absolute atomic E-state index is 12.0. The van der Waals surface area contributed by atoms with Gasteiger partial charge >= 0.3 is 0 Å². The number of nitrogens with zero attached hydrogens (tertiary/aromatic N) is 2. The molecule has 0 aliphatic carbocycles. The first-order chi connectivity index (χ1) is 7.60. The van der Waals surface area contributed by atoms with Gasteiger partial charge in [0.2, 0.25) is 0 Å². The van der Waals surface area contributed by atoms with Gasteiger partial charge in [0.1, 0.15) is 6.54 Å². The minimum absolute atomic E-state index is 0.115. The molecule has 0 fully saturated rings. The van der Waals surface area contributed by atoms with Crippen LogP contribution in [0.5, 0.6) is 0 Å². The van der Waals surface area contributed by atoms with Crippen LogP contribution in [-0.2, 0) is 0 Å². The standard InChI is InChI=1S/C12H13BrN2O/c1-3-15(7-6-14)12(16)10-5-4-9(2)8-11(10)13/h4-5,8H,3,7H2,1-2H3. The van der Waals surface area contributed by atoms with Crippen LogP contribution < -0.4 is 0 Å². The van der Waals surface area contributed by atoms with Crippen molar-refractivity contribution in [3.63, 3.8) is 0 Å². The summed E-state index contributed by atoms with van der Waals surface area (Å²) in [6, 6.07) is 7.55.